The molecule has 2 aliphatic heterocycles. The predicted octanol–water partition coefficient (Wildman–Crippen LogP) is 16.0. The van der Waals surface area contributed by atoms with E-state index >= 15 is 0 Å². The largest absolute Gasteiger partial charge is 0.454 e. The molecule has 0 amide bonds. The summed E-state index contributed by atoms with van der Waals surface area (Å²) in [6, 6.07) is 50.0. The normalized spacial score (nSPS) is 15.3. The maximum atomic E-state index is 9.57. The molecule has 1 aromatic heterocycles. The summed E-state index contributed by atoms with van der Waals surface area (Å²) >= 11 is 0. The van der Waals surface area contributed by atoms with Crippen LogP contribution in [0, 0.1) is 0 Å². The highest BCUT2D eigenvalue weighted by Crippen LogP contribution is 2.53. The standard InChI is InChI=1S/C66H43BN2O/c1-6-21-44(22-7-1)49-37-40-59-57(41-49)67-56-39-38-55-54-32-17-19-36-62(54)70-66(55)65(56)68(58-35-18-16-31-51(58)46-25-10-3-11-26-46)60-42-50(45-23-8-2-9-24-45)43-61(63(60)67)69(59)64-52(47-27-12-4-13-28-47)33-20-34-53(64)48-29-14-5-15-30-48/h1-43H/i1D,2D,6D,7D,8D,9D,17D,19D,21D,22D,23D,24D,32D,36D. The predicted molar refractivity (Wildman–Crippen MR) is 295 cm³/mol. The quantitative estimate of drug-likeness (QED) is 0.149. The molecule has 0 unspecified atom stereocenters. The van der Waals surface area contributed by atoms with Crippen LogP contribution in [0.25, 0.3) is 77.6 Å². The highest BCUT2D eigenvalue weighted by Gasteiger charge is 2.46. The average Bonchev–Trinajstić information content (AvgIpc) is 1.44. The first-order valence-electron chi connectivity index (χ1n) is 30.0. The fraction of sp³-hybridized carbons (Fsp3) is 0. The summed E-state index contributed by atoms with van der Waals surface area (Å²) in [6.45, 7) is -0.832. The number of hydrogen-bond acceptors (Lipinski definition) is 3. The molecule has 2 aliphatic rings. The number of benzene rings is 11. The van der Waals surface area contributed by atoms with E-state index in [2.05, 4.69) is 4.90 Å². The topological polar surface area (TPSA) is 19.6 Å². The molecule has 0 spiro atoms. The fourth-order valence-electron chi connectivity index (χ4n) is 10.6. The Morgan fingerprint density at radius 2 is 0.886 bits per heavy atom. The van der Waals surface area contributed by atoms with Crippen molar-refractivity contribution in [2.75, 3.05) is 9.80 Å². The van der Waals surface area contributed by atoms with E-state index in [0.29, 0.717) is 61.5 Å². The van der Waals surface area contributed by atoms with Gasteiger partial charge < -0.3 is 14.2 Å². The van der Waals surface area contributed by atoms with Gasteiger partial charge in [-0.1, -0.05) is 230 Å². The molecule has 11 aromatic carbocycles. The van der Waals surface area contributed by atoms with E-state index < -0.39 is 79.2 Å². The Bertz CT molecular complexity index is 4690. The van der Waals surface area contributed by atoms with Crippen LogP contribution in [0.4, 0.5) is 34.1 Å². The summed E-state index contributed by atoms with van der Waals surface area (Å²) in [4.78, 5) is 4.16. The number of nitrogens with zero attached hydrogens (tertiary/aromatic N) is 2. The van der Waals surface area contributed by atoms with E-state index in [4.69, 9.17) is 15.4 Å². The maximum Gasteiger partial charge on any atom is 0.252 e. The van der Waals surface area contributed by atoms with Crippen LogP contribution in [-0.2, 0) is 0 Å². The van der Waals surface area contributed by atoms with Gasteiger partial charge in [-0.25, -0.2) is 0 Å². The van der Waals surface area contributed by atoms with E-state index in [9.17, 15) is 8.22 Å². The lowest BCUT2D eigenvalue weighted by atomic mass is 9.33. The third-order valence-electron chi connectivity index (χ3n) is 13.5. The Labute approximate surface area is 427 Å². The zero-order valence-electron chi connectivity index (χ0n) is 51.1. The van der Waals surface area contributed by atoms with Crippen LogP contribution in [0.2, 0.25) is 0 Å². The fourth-order valence-corrected chi connectivity index (χ4v) is 10.6. The first-order chi connectivity index (χ1) is 40.6. The molecule has 0 fully saturated rings. The molecular formula is C66H43BN2O. The highest BCUT2D eigenvalue weighted by molar-refractivity contribution is 7.00. The number of rotatable bonds is 7. The van der Waals surface area contributed by atoms with E-state index in [1.807, 2.05) is 169 Å². The Hall–Kier alpha value is -9.12. The van der Waals surface area contributed by atoms with Gasteiger partial charge in [-0.05, 0) is 85.6 Å². The maximum absolute atomic E-state index is 9.57. The Balaban J connectivity index is 1.22. The van der Waals surface area contributed by atoms with Gasteiger partial charge in [-0.15, -0.1) is 0 Å². The van der Waals surface area contributed by atoms with Gasteiger partial charge in [-0.3, -0.25) is 0 Å². The van der Waals surface area contributed by atoms with Crippen LogP contribution in [0.3, 0.4) is 0 Å². The van der Waals surface area contributed by atoms with Gasteiger partial charge >= 0.3 is 0 Å². The monoisotopic (exact) mass is 904 g/mol. The molecule has 70 heavy (non-hydrogen) atoms. The lowest BCUT2D eigenvalue weighted by molar-refractivity contribution is 0.669. The summed E-state index contributed by atoms with van der Waals surface area (Å²) in [6.07, 6.45) is 0. The molecule has 326 valence electrons. The molecule has 3 heterocycles. The molecule has 0 saturated heterocycles. The van der Waals surface area contributed by atoms with Crippen molar-refractivity contribution in [1.29, 1.82) is 0 Å². The van der Waals surface area contributed by atoms with Gasteiger partial charge in [0.05, 0.1) is 36.3 Å². The van der Waals surface area contributed by atoms with Crippen LogP contribution in [0.1, 0.15) is 19.2 Å². The first kappa shape index (κ1) is 28.3. The summed E-state index contributed by atoms with van der Waals surface area (Å²) in [5.74, 6) is 0. The number of para-hydroxylation sites is 3. The molecule has 0 N–H and O–H groups in total. The van der Waals surface area contributed by atoms with Crippen molar-refractivity contribution in [3.05, 3.63) is 261 Å². The molecule has 3 nitrogen and oxygen atoms in total. The van der Waals surface area contributed by atoms with Crippen LogP contribution in [-0.4, -0.2) is 6.71 Å². The lowest BCUT2D eigenvalue weighted by Gasteiger charge is -2.45. The van der Waals surface area contributed by atoms with Crippen LogP contribution in [0.15, 0.2) is 265 Å². The molecule has 0 bridgehead atoms. The highest BCUT2D eigenvalue weighted by atomic mass is 16.3. The SMILES string of the molecule is [2H]c1c([2H])c([2H])c(-c2ccc3c(c2)B2c4ccc5c(oc6c([2H])c([2H])c([2H])c([2H])c65)c4N(c4ccccc4-c4ccccc4)c4cc(-c5c([2H])c([2H])c([2H])c([2H])c5[2H])cc(c42)N3c2c(-c3ccccc3)cccc2-c2ccccc2)c([2H])c1[2H]. The summed E-state index contributed by atoms with van der Waals surface area (Å²) in [7, 11) is 0. The zero-order chi connectivity index (χ0) is 58.3. The van der Waals surface area contributed by atoms with Crippen molar-refractivity contribution in [3.63, 3.8) is 0 Å². The first-order valence-corrected chi connectivity index (χ1v) is 23.0. The summed E-state index contributed by atoms with van der Waals surface area (Å²) < 4.78 is 134. The van der Waals surface area contributed by atoms with Crippen molar-refractivity contribution in [2.24, 2.45) is 0 Å². The van der Waals surface area contributed by atoms with Crippen molar-refractivity contribution >= 4 is 79.2 Å². The second-order valence-electron chi connectivity index (χ2n) is 17.3. The van der Waals surface area contributed by atoms with E-state index in [-0.39, 0.29) is 45.3 Å². The molecule has 0 saturated carbocycles. The third kappa shape index (κ3) is 6.31. The number of anilines is 6. The van der Waals surface area contributed by atoms with Crippen LogP contribution in [0.5, 0.6) is 0 Å². The average molecular weight is 905 g/mol. The van der Waals surface area contributed by atoms with E-state index in [0.717, 1.165) is 33.4 Å². The number of furan rings is 1. The molecule has 0 aliphatic carbocycles. The summed E-state index contributed by atoms with van der Waals surface area (Å²) in [5.41, 5.74) is 11.0. The second kappa shape index (κ2) is 16.3. The molecule has 14 rings (SSSR count). The molecule has 12 aromatic rings. The number of fused-ring (bicyclic) bond motifs is 8. The zero-order valence-corrected chi connectivity index (χ0v) is 37.1. The number of hydrogen-bond donors (Lipinski definition) is 0. The molecule has 4 heteroatoms. The Morgan fingerprint density at radius 3 is 1.54 bits per heavy atom. The van der Waals surface area contributed by atoms with E-state index in [1.54, 1.807) is 12.1 Å². The van der Waals surface area contributed by atoms with Gasteiger partial charge in [0.15, 0.2) is 5.58 Å². The van der Waals surface area contributed by atoms with Crippen molar-refractivity contribution < 1.29 is 23.6 Å². The van der Waals surface area contributed by atoms with Crippen LogP contribution < -0.4 is 26.2 Å². The smallest absolute Gasteiger partial charge is 0.252 e. The summed E-state index contributed by atoms with van der Waals surface area (Å²) in [5, 5.41) is 0.553. The Morgan fingerprint density at radius 1 is 0.343 bits per heavy atom. The minimum absolute atomic E-state index is 0.0157. The van der Waals surface area contributed by atoms with E-state index in [1.165, 1.54) is 0 Å². The minimum atomic E-state index is -0.832. The molecule has 0 radical (unpaired) electrons. The van der Waals surface area contributed by atoms with Crippen molar-refractivity contribution in [3.8, 4) is 55.6 Å². The van der Waals surface area contributed by atoms with Gasteiger partial charge in [0.2, 0.25) is 0 Å². The van der Waals surface area contributed by atoms with Gasteiger partial charge in [0.25, 0.3) is 6.71 Å². The van der Waals surface area contributed by atoms with Gasteiger partial charge in [0.1, 0.15) is 5.58 Å². The van der Waals surface area contributed by atoms with Crippen LogP contribution >= 0.6 is 0 Å². The minimum Gasteiger partial charge on any atom is -0.454 e. The Kier molecular flexibility index (Phi) is 6.58. The molecular weight excluding hydrogens is 848 g/mol. The van der Waals surface area contributed by atoms with Crippen molar-refractivity contribution in [2.45, 2.75) is 0 Å². The van der Waals surface area contributed by atoms with Gasteiger partial charge in [0, 0.05) is 44.5 Å². The third-order valence-corrected chi connectivity index (χ3v) is 13.5. The lowest BCUT2D eigenvalue weighted by Crippen LogP contribution is -2.61. The second-order valence-corrected chi connectivity index (χ2v) is 17.3. The molecule has 0 atom stereocenters. The van der Waals surface area contributed by atoms with Crippen molar-refractivity contribution in [1.82, 2.24) is 0 Å². The van der Waals surface area contributed by atoms with Gasteiger partial charge in [-0.2, -0.15) is 0 Å².